The third-order valence-corrected chi connectivity index (χ3v) is 4.33. The largest absolute Gasteiger partial charge is 0.497 e. The second kappa shape index (κ2) is 5.96. The molecular formula is C17H19N5O. The van der Waals surface area contributed by atoms with Gasteiger partial charge in [-0.2, -0.15) is 9.61 Å². The minimum absolute atomic E-state index is 0.373. The van der Waals surface area contributed by atoms with Crippen LogP contribution in [0.4, 0.5) is 0 Å². The number of aromatic nitrogens is 4. The van der Waals surface area contributed by atoms with E-state index in [4.69, 9.17) is 9.84 Å². The lowest BCUT2D eigenvalue weighted by Crippen LogP contribution is -2.29. The molecule has 0 unspecified atom stereocenters. The summed E-state index contributed by atoms with van der Waals surface area (Å²) in [6.07, 6.45) is 2.29. The monoisotopic (exact) mass is 309 g/mol. The van der Waals surface area contributed by atoms with E-state index in [1.807, 2.05) is 40.9 Å². The molecule has 3 aromatic rings. The Balaban J connectivity index is 1.73. The van der Waals surface area contributed by atoms with Crippen molar-refractivity contribution in [3.8, 4) is 17.0 Å². The van der Waals surface area contributed by atoms with Crippen LogP contribution in [0.2, 0.25) is 0 Å². The van der Waals surface area contributed by atoms with Crippen molar-refractivity contribution in [3.05, 3.63) is 42.2 Å². The molecule has 118 valence electrons. The van der Waals surface area contributed by atoms with E-state index in [9.17, 15) is 0 Å². The SMILES string of the molecule is COc1ccc(-c2ccc3nnc([C@H]4CCCNC4)n3n2)cc1. The highest BCUT2D eigenvalue weighted by Gasteiger charge is 2.21. The average molecular weight is 309 g/mol. The van der Waals surface area contributed by atoms with Crippen molar-refractivity contribution in [1.82, 2.24) is 25.1 Å². The molecule has 1 aromatic carbocycles. The fraction of sp³-hybridized carbons (Fsp3) is 0.353. The van der Waals surface area contributed by atoms with Crippen LogP contribution in [0.5, 0.6) is 5.75 Å². The van der Waals surface area contributed by atoms with Gasteiger partial charge in [0.25, 0.3) is 0 Å². The highest BCUT2D eigenvalue weighted by Crippen LogP contribution is 2.24. The summed E-state index contributed by atoms with van der Waals surface area (Å²) in [5.74, 6) is 2.16. The predicted octanol–water partition coefficient (Wildman–Crippen LogP) is 2.27. The van der Waals surface area contributed by atoms with Gasteiger partial charge in [0.1, 0.15) is 5.75 Å². The van der Waals surface area contributed by atoms with Gasteiger partial charge in [-0.15, -0.1) is 10.2 Å². The number of ether oxygens (including phenoxy) is 1. The minimum atomic E-state index is 0.373. The van der Waals surface area contributed by atoms with Gasteiger partial charge in [0.05, 0.1) is 12.8 Å². The van der Waals surface area contributed by atoms with Crippen LogP contribution in [-0.2, 0) is 0 Å². The summed E-state index contributed by atoms with van der Waals surface area (Å²) in [6, 6.07) is 11.9. The Bertz CT molecular complexity index is 805. The van der Waals surface area contributed by atoms with Crippen LogP contribution in [0.15, 0.2) is 36.4 Å². The summed E-state index contributed by atoms with van der Waals surface area (Å²) in [5, 5.41) is 16.8. The van der Waals surface area contributed by atoms with Gasteiger partial charge in [-0.25, -0.2) is 0 Å². The quantitative estimate of drug-likeness (QED) is 0.804. The Morgan fingerprint density at radius 1 is 1.13 bits per heavy atom. The first-order valence-corrected chi connectivity index (χ1v) is 7.92. The van der Waals surface area contributed by atoms with Crippen LogP contribution >= 0.6 is 0 Å². The molecule has 0 bridgehead atoms. The van der Waals surface area contributed by atoms with Crippen LogP contribution in [0.25, 0.3) is 16.9 Å². The first kappa shape index (κ1) is 14.1. The standard InChI is InChI=1S/C17H19N5O/c1-23-14-6-4-12(5-7-14)15-8-9-16-19-20-17(22(16)21-15)13-3-2-10-18-11-13/h4-9,13,18H,2-3,10-11H2,1H3/t13-/m0/s1. The van der Waals surface area contributed by atoms with Gasteiger partial charge in [0.15, 0.2) is 11.5 Å². The maximum absolute atomic E-state index is 5.21. The van der Waals surface area contributed by atoms with E-state index in [2.05, 4.69) is 15.5 Å². The van der Waals surface area contributed by atoms with E-state index >= 15 is 0 Å². The van der Waals surface area contributed by atoms with Gasteiger partial charge >= 0.3 is 0 Å². The van der Waals surface area contributed by atoms with Gasteiger partial charge in [0, 0.05) is 18.0 Å². The molecule has 2 aromatic heterocycles. The Morgan fingerprint density at radius 3 is 2.74 bits per heavy atom. The van der Waals surface area contributed by atoms with Crippen molar-refractivity contribution in [2.75, 3.05) is 20.2 Å². The molecular weight excluding hydrogens is 290 g/mol. The van der Waals surface area contributed by atoms with Crippen LogP contribution < -0.4 is 10.1 Å². The van der Waals surface area contributed by atoms with E-state index in [1.165, 1.54) is 0 Å². The van der Waals surface area contributed by atoms with Crippen LogP contribution in [0.3, 0.4) is 0 Å². The van der Waals surface area contributed by atoms with Crippen molar-refractivity contribution in [2.45, 2.75) is 18.8 Å². The molecule has 6 nitrogen and oxygen atoms in total. The van der Waals surface area contributed by atoms with Crippen molar-refractivity contribution in [1.29, 1.82) is 0 Å². The van der Waals surface area contributed by atoms with Gasteiger partial charge in [-0.05, 0) is 55.8 Å². The summed E-state index contributed by atoms with van der Waals surface area (Å²) < 4.78 is 7.09. The summed E-state index contributed by atoms with van der Waals surface area (Å²) in [7, 11) is 1.67. The normalized spacial score (nSPS) is 18.2. The molecule has 6 heteroatoms. The third-order valence-electron chi connectivity index (χ3n) is 4.33. The zero-order valence-corrected chi connectivity index (χ0v) is 13.1. The zero-order valence-electron chi connectivity index (χ0n) is 13.1. The molecule has 23 heavy (non-hydrogen) atoms. The Labute approximate surface area is 134 Å². The number of hydrogen-bond donors (Lipinski definition) is 1. The molecule has 1 N–H and O–H groups in total. The van der Waals surface area contributed by atoms with Gasteiger partial charge in [-0.3, -0.25) is 0 Å². The lowest BCUT2D eigenvalue weighted by molar-refractivity contribution is 0.415. The summed E-state index contributed by atoms with van der Waals surface area (Å²) >= 11 is 0. The lowest BCUT2D eigenvalue weighted by atomic mass is 9.99. The van der Waals surface area contributed by atoms with Gasteiger partial charge < -0.3 is 10.1 Å². The van der Waals surface area contributed by atoms with E-state index in [0.717, 1.165) is 54.4 Å². The van der Waals surface area contributed by atoms with E-state index in [-0.39, 0.29) is 0 Å². The third kappa shape index (κ3) is 2.66. The van der Waals surface area contributed by atoms with E-state index < -0.39 is 0 Å². The number of piperidine rings is 1. The predicted molar refractivity (Wildman–Crippen MR) is 87.6 cm³/mol. The number of nitrogens with zero attached hydrogens (tertiary/aromatic N) is 4. The fourth-order valence-electron chi connectivity index (χ4n) is 3.05. The number of benzene rings is 1. The first-order valence-electron chi connectivity index (χ1n) is 7.92. The number of methoxy groups -OCH3 is 1. The van der Waals surface area contributed by atoms with Crippen molar-refractivity contribution in [2.24, 2.45) is 0 Å². The molecule has 1 aliphatic rings. The number of hydrogen-bond acceptors (Lipinski definition) is 5. The molecule has 0 aliphatic carbocycles. The maximum Gasteiger partial charge on any atom is 0.177 e. The maximum atomic E-state index is 5.21. The Morgan fingerprint density at radius 2 is 2.00 bits per heavy atom. The molecule has 4 rings (SSSR count). The van der Waals surface area contributed by atoms with E-state index in [1.54, 1.807) is 7.11 Å². The zero-order chi connectivity index (χ0) is 15.6. The summed E-state index contributed by atoms with van der Waals surface area (Å²) in [6.45, 7) is 2.02. The molecule has 0 spiro atoms. The number of nitrogens with one attached hydrogen (secondary N) is 1. The van der Waals surface area contributed by atoms with Crippen molar-refractivity contribution < 1.29 is 4.74 Å². The van der Waals surface area contributed by atoms with Gasteiger partial charge in [-0.1, -0.05) is 0 Å². The van der Waals surface area contributed by atoms with Crippen molar-refractivity contribution >= 4 is 5.65 Å². The second-order valence-electron chi connectivity index (χ2n) is 5.82. The molecule has 1 fully saturated rings. The molecule has 3 heterocycles. The molecule has 0 amide bonds. The molecule has 1 saturated heterocycles. The topological polar surface area (TPSA) is 64.3 Å². The van der Waals surface area contributed by atoms with Crippen LogP contribution in [0, 0.1) is 0 Å². The molecule has 0 saturated carbocycles. The molecule has 0 radical (unpaired) electrons. The van der Waals surface area contributed by atoms with Crippen LogP contribution in [0.1, 0.15) is 24.6 Å². The first-order chi connectivity index (χ1) is 11.3. The minimum Gasteiger partial charge on any atom is -0.497 e. The smallest absolute Gasteiger partial charge is 0.177 e. The van der Waals surface area contributed by atoms with Crippen LogP contribution in [-0.4, -0.2) is 40.0 Å². The number of fused-ring (bicyclic) bond motifs is 1. The molecule has 1 aliphatic heterocycles. The number of rotatable bonds is 3. The molecule has 1 atom stereocenters. The second-order valence-corrected chi connectivity index (χ2v) is 5.82. The van der Waals surface area contributed by atoms with Crippen molar-refractivity contribution in [3.63, 3.8) is 0 Å². The summed E-state index contributed by atoms with van der Waals surface area (Å²) in [4.78, 5) is 0. The highest BCUT2D eigenvalue weighted by molar-refractivity contribution is 5.61. The average Bonchev–Trinajstić information content (AvgIpc) is 3.05. The fourth-order valence-corrected chi connectivity index (χ4v) is 3.05. The van der Waals surface area contributed by atoms with Gasteiger partial charge in [0.2, 0.25) is 0 Å². The Hall–Kier alpha value is -2.47. The lowest BCUT2D eigenvalue weighted by Gasteiger charge is -2.20. The van der Waals surface area contributed by atoms with E-state index in [0.29, 0.717) is 5.92 Å². The Kier molecular flexibility index (Phi) is 3.67. The highest BCUT2D eigenvalue weighted by atomic mass is 16.5. The summed E-state index contributed by atoms with van der Waals surface area (Å²) in [5.41, 5.74) is 2.75.